The van der Waals surface area contributed by atoms with E-state index in [0.717, 1.165) is 25.7 Å². The zero-order chi connectivity index (χ0) is 18.9. The fraction of sp³-hybridized carbons (Fsp3) is 0.429. The number of benzene rings is 1. The molecule has 1 saturated carbocycles. The van der Waals surface area contributed by atoms with Crippen LogP contribution >= 0.6 is 0 Å². The lowest BCUT2D eigenvalue weighted by Crippen LogP contribution is -2.38. The number of amides is 1. The first-order chi connectivity index (χ1) is 13.1. The zero-order valence-electron chi connectivity index (χ0n) is 15.1. The summed E-state index contributed by atoms with van der Waals surface area (Å²) in [5.74, 6) is -0.0741. The number of carbonyl (C=O) groups is 2. The van der Waals surface area contributed by atoms with Crippen LogP contribution in [-0.2, 0) is 4.79 Å². The fourth-order valence-electron chi connectivity index (χ4n) is 4.61. The number of ketones is 1. The molecule has 4 rings (SSSR count). The summed E-state index contributed by atoms with van der Waals surface area (Å²) in [4.78, 5) is 35.3. The van der Waals surface area contributed by atoms with Crippen LogP contribution in [0, 0.1) is 17.2 Å². The SMILES string of the molecule is O=C(C[C@H]1CCC[C@]2(CCN(c3cccc(F)c3)C2=O)C1)c1ccncn1. The predicted octanol–water partition coefficient (Wildman–Crippen LogP) is 3.80. The van der Waals surface area contributed by atoms with Crippen LogP contribution in [0.2, 0.25) is 0 Å². The third-order valence-corrected chi connectivity index (χ3v) is 5.92. The molecule has 1 aliphatic carbocycles. The molecule has 140 valence electrons. The molecule has 1 aromatic carbocycles. The molecular weight excluding hydrogens is 345 g/mol. The molecule has 1 amide bonds. The summed E-state index contributed by atoms with van der Waals surface area (Å²) in [6.07, 6.45) is 7.57. The highest BCUT2D eigenvalue weighted by Gasteiger charge is 2.49. The van der Waals surface area contributed by atoms with Gasteiger partial charge in [-0.15, -0.1) is 0 Å². The molecule has 2 atom stereocenters. The van der Waals surface area contributed by atoms with Crippen molar-refractivity contribution in [2.75, 3.05) is 11.4 Å². The molecule has 0 bridgehead atoms. The normalized spacial score (nSPS) is 25.1. The number of hydrogen-bond donors (Lipinski definition) is 0. The first-order valence-corrected chi connectivity index (χ1v) is 9.44. The fourth-order valence-corrected chi connectivity index (χ4v) is 4.61. The average molecular weight is 367 g/mol. The van der Waals surface area contributed by atoms with Crippen LogP contribution in [0.15, 0.2) is 42.9 Å². The van der Waals surface area contributed by atoms with Gasteiger partial charge in [-0.3, -0.25) is 9.59 Å². The largest absolute Gasteiger partial charge is 0.312 e. The van der Waals surface area contributed by atoms with Gasteiger partial charge in [-0.25, -0.2) is 14.4 Å². The molecule has 27 heavy (non-hydrogen) atoms. The highest BCUT2D eigenvalue weighted by atomic mass is 19.1. The van der Waals surface area contributed by atoms with Crippen LogP contribution < -0.4 is 4.90 Å². The van der Waals surface area contributed by atoms with Crippen molar-refractivity contribution in [3.8, 4) is 0 Å². The van der Waals surface area contributed by atoms with Crippen molar-refractivity contribution in [2.45, 2.75) is 38.5 Å². The Balaban J connectivity index is 1.47. The highest BCUT2D eigenvalue weighted by molar-refractivity contribution is 6.00. The molecule has 1 saturated heterocycles. The zero-order valence-corrected chi connectivity index (χ0v) is 15.1. The van der Waals surface area contributed by atoms with E-state index in [-0.39, 0.29) is 23.4 Å². The molecule has 6 heteroatoms. The maximum absolute atomic E-state index is 13.6. The van der Waals surface area contributed by atoms with Crippen molar-refractivity contribution >= 4 is 17.4 Å². The van der Waals surface area contributed by atoms with Gasteiger partial charge in [0.25, 0.3) is 0 Å². The summed E-state index contributed by atoms with van der Waals surface area (Å²) in [7, 11) is 0. The number of nitrogens with zero attached hydrogens (tertiary/aromatic N) is 3. The standard InChI is InChI=1S/C21H22FN3O2/c22-16-4-1-5-17(12-16)25-10-8-21(20(25)27)7-2-3-15(13-21)11-19(26)18-6-9-23-14-24-18/h1,4-6,9,12,14-15H,2-3,7-8,10-11,13H2/t15-,21+/m1/s1. The van der Waals surface area contributed by atoms with E-state index in [1.807, 2.05) is 0 Å². The minimum absolute atomic E-state index is 0.00637. The molecule has 2 fully saturated rings. The smallest absolute Gasteiger partial charge is 0.233 e. The van der Waals surface area contributed by atoms with Crippen LogP contribution in [0.4, 0.5) is 10.1 Å². The molecule has 1 spiro atoms. The maximum atomic E-state index is 13.6. The Hall–Kier alpha value is -2.63. The van der Waals surface area contributed by atoms with Gasteiger partial charge in [-0.05, 0) is 55.9 Å². The van der Waals surface area contributed by atoms with E-state index in [2.05, 4.69) is 9.97 Å². The molecule has 0 radical (unpaired) electrons. The van der Waals surface area contributed by atoms with Crippen molar-refractivity contribution in [3.63, 3.8) is 0 Å². The summed E-state index contributed by atoms with van der Waals surface area (Å²) in [6.45, 7) is 0.606. The number of anilines is 1. The van der Waals surface area contributed by atoms with E-state index in [4.69, 9.17) is 0 Å². The second-order valence-electron chi connectivity index (χ2n) is 7.65. The van der Waals surface area contributed by atoms with Gasteiger partial charge in [0, 0.05) is 24.8 Å². The number of carbonyl (C=O) groups excluding carboxylic acids is 2. The molecular formula is C21H22FN3O2. The lowest BCUT2D eigenvalue weighted by Gasteiger charge is -2.36. The van der Waals surface area contributed by atoms with Crippen LogP contribution in [-0.4, -0.2) is 28.2 Å². The minimum Gasteiger partial charge on any atom is -0.312 e. The van der Waals surface area contributed by atoms with Crippen molar-refractivity contribution in [3.05, 3.63) is 54.4 Å². The van der Waals surface area contributed by atoms with Gasteiger partial charge < -0.3 is 4.90 Å². The Labute approximate surface area is 157 Å². The van der Waals surface area contributed by atoms with Crippen LogP contribution in [0.25, 0.3) is 0 Å². The Morgan fingerprint density at radius 1 is 1.30 bits per heavy atom. The number of rotatable bonds is 4. The monoisotopic (exact) mass is 367 g/mol. The molecule has 1 aromatic heterocycles. The van der Waals surface area contributed by atoms with Crippen molar-refractivity contribution in [1.29, 1.82) is 0 Å². The first kappa shape index (κ1) is 17.8. The summed E-state index contributed by atoms with van der Waals surface area (Å²) in [5, 5.41) is 0. The summed E-state index contributed by atoms with van der Waals surface area (Å²) in [6, 6.07) is 7.84. The first-order valence-electron chi connectivity index (χ1n) is 9.44. The predicted molar refractivity (Wildman–Crippen MR) is 98.7 cm³/mol. The lowest BCUT2D eigenvalue weighted by molar-refractivity contribution is -0.128. The van der Waals surface area contributed by atoms with E-state index in [9.17, 15) is 14.0 Å². The third-order valence-electron chi connectivity index (χ3n) is 5.92. The quantitative estimate of drug-likeness (QED) is 0.771. The highest BCUT2D eigenvalue weighted by Crippen LogP contribution is 2.48. The van der Waals surface area contributed by atoms with Gasteiger partial charge in [0.2, 0.25) is 5.91 Å². The Kier molecular flexibility index (Phi) is 4.72. The van der Waals surface area contributed by atoms with Gasteiger partial charge in [0.05, 0.1) is 5.41 Å². The van der Waals surface area contributed by atoms with Crippen molar-refractivity contribution in [2.24, 2.45) is 11.3 Å². The van der Waals surface area contributed by atoms with Gasteiger partial charge in [0.15, 0.2) is 5.78 Å². The van der Waals surface area contributed by atoms with Gasteiger partial charge in [-0.2, -0.15) is 0 Å². The minimum atomic E-state index is -0.415. The second kappa shape index (κ2) is 7.18. The van der Waals surface area contributed by atoms with E-state index in [1.165, 1.54) is 18.5 Å². The summed E-state index contributed by atoms with van der Waals surface area (Å²) < 4.78 is 13.6. The summed E-state index contributed by atoms with van der Waals surface area (Å²) in [5.41, 5.74) is 0.640. The molecule has 2 aliphatic rings. The van der Waals surface area contributed by atoms with Crippen LogP contribution in [0.1, 0.15) is 49.0 Å². The van der Waals surface area contributed by atoms with Crippen LogP contribution in [0.5, 0.6) is 0 Å². The second-order valence-corrected chi connectivity index (χ2v) is 7.65. The molecule has 5 nitrogen and oxygen atoms in total. The number of Topliss-reactive ketones (excluding diaryl/α,β-unsaturated/α-hetero) is 1. The van der Waals surface area contributed by atoms with Crippen LogP contribution in [0.3, 0.4) is 0 Å². The molecule has 0 unspecified atom stereocenters. The Morgan fingerprint density at radius 2 is 2.19 bits per heavy atom. The van der Waals surface area contributed by atoms with E-state index < -0.39 is 5.41 Å². The molecule has 0 N–H and O–H groups in total. The van der Waals surface area contributed by atoms with E-state index >= 15 is 0 Å². The molecule has 2 aromatic rings. The Bertz CT molecular complexity index is 858. The maximum Gasteiger partial charge on any atom is 0.233 e. The number of aromatic nitrogens is 2. The number of hydrogen-bond acceptors (Lipinski definition) is 4. The van der Waals surface area contributed by atoms with Crippen molar-refractivity contribution < 1.29 is 14.0 Å². The lowest BCUT2D eigenvalue weighted by atomic mass is 9.67. The van der Waals surface area contributed by atoms with Gasteiger partial charge in [0.1, 0.15) is 17.8 Å². The van der Waals surface area contributed by atoms with Gasteiger partial charge in [-0.1, -0.05) is 12.5 Å². The van der Waals surface area contributed by atoms with E-state index in [1.54, 1.807) is 29.3 Å². The van der Waals surface area contributed by atoms with E-state index in [0.29, 0.717) is 30.8 Å². The number of halogens is 1. The molecule has 1 aliphatic heterocycles. The molecule has 2 heterocycles. The summed E-state index contributed by atoms with van der Waals surface area (Å²) >= 11 is 0. The van der Waals surface area contributed by atoms with Gasteiger partial charge >= 0.3 is 0 Å². The average Bonchev–Trinajstić information content (AvgIpc) is 2.98. The third kappa shape index (κ3) is 3.48. The topological polar surface area (TPSA) is 63.2 Å². The van der Waals surface area contributed by atoms with Crippen molar-refractivity contribution in [1.82, 2.24) is 9.97 Å². The Morgan fingerprint density at radius 3 is 2.96 bits per heavy atom.